The van der Waals surface area contributed by atoms with Gasteiger partial charge in [-0.1, -0.05) is 11.3 Å². The SMILES string of the molecule is O=C(O)[C@H]1C[C@H]1C(=O)NCc1csc(=O)[nH]1. The molecule has 1 aromatic heterocycles. The van der Waals surface area contributed by atoms with Gasteiger partial charge in [-0.25, -0.2) is 0 Å². The van der Waals surface area contributed by atoms with E-state index < -0.39 is 17.8 Å². The smallest absolute Gasteiger partial charge is 0.307 e. The summed E-state index contributed by atoms with van der Waals surface area (Å²) in [5.74, 6) is -2.15. The zero-order valence-electron chi connectivity index (χ0n) is 8.23. The van der Waals surface area contributed by atoms with Crippen molar-refractivity contribution in [2.24, 2.45) is 11.8 Å². The number of thiazole rings is 1. The summed E-state index contributed by atoms with van der Waals surface area (Å²) < 4.78 is 0. The molecule has 16 heavy (non-hydrogen) atoms. The molecule has 1 aliphatic carbocycles. The predicted octanol–water partition coefficient (Wildman–Crippen LogP) is -0.227. The molecule has 1 aliphatic rings. The van der Waals surface area contributed by atoms with Gasteiger partial charge in [0.2, 0.25) is 5.91 Å². The molecule has 0 radical (unpaired) electrons. The standard InChI is InChI=1S/C9H10N2O4S/c12-7(5-1-6(5)8(13)14)10-2-4-3-16-9(15)11-4/h3,5-6H,1-2H2,(H,10,12)(H,11,15)(H,13,14)/t5-,6+/m1/s1. The normalized spacial score (nSPS) is 22.8. The van der Waals surface area contributed by atoms with Crippen LogP contribution in [-0.4, -0.2) is 22.0 Å². The maximum absolute atomic E-state index is 11.4. The molecule has 86 valence electrons. The molecule has 2 rings (SSSR count). The minimum Gasteiger partial charge on any atom is -0.481 e. The van der Waals surface area contributed by atoms with E-state index in [4.69, 9.17) is 5.11 Å². The van der Waals surface area contributed by atoms with E-state index in [1.165, 1.54) is 0 Å². The average Bonchev–Trinajstić information content (AvgIpc) is 2.93. The van der Waals surface area contributed by atoms with Crippen LogP contribution in [0.1, 0.15) is 12.1 Å². The molecule has 1 aromatic rings. The molecule has 0 spiro atoms. The zero-order valence-corrected chi connectivity index (χ0v) is 9.04. The number of rotatable bonds is 4. The summed E-state index contributed by atoms with van der Waals surface area (Å²) in [6.45, 7) is 0.237. The lowest BCUT2D eigenvalue weighted by molar-refractivity contribution is -0.140. The van der Waals surface area contributed by atoms with E-state index >= 15 is 0 Å². The van der Waals surface area contributed by atoms with Crippen LogP contribution < -0.4 is 10.2 Å². The fourth-order valence-electron chi connectivity index (χ4n) is 1.47. The fourth-order valence-corrected chi connectivity index (χ4v) is 2.05. The van der Waals surface area contributed by atoms with Crippen LogP contribution in [0.15, 0.2) is 10.2 Å². The molecular weight excluding hydrogens is 232 g/mol. The van der Waals surface area contributed by atoms with Crippen LogP contribution in [0.4, 0.5) is 0 Å². The largest absolute Gasteiger partial charge is 0.481 e. The Morgan fingerprint density at radius 3 is 2.81 bits per heavy atom. The zero-order chi connectivity index (χ0) is 11.7. The van der Waals surface area contributed by atoms with Gasteiger partial charge in [0.05, 0.1) is 18.4 Å². The van der Waals surface area contributed by atoms with Crippen LogP contribution >= 0.6 is 11.3 Å². The lowest BCUT2D eigenvalue weighted by Gasteiger charge is -2.01. The molecule has 0 unspecified atom stereocenters. The van der Waals surface area contributed by atoms with E-state index in [1.54, 1.807) is 5.38 Å². The Morgan fingerprint density at radius 2 is 2.31 bits per heavy atom. The molecule has 1 saturated carbocycles. The third-order valence-electron chi connectivity index (χ3n) is 2.47. The van der Waals surface area contributed by atoms with E-state index in [1.807, 2.05) is 0 Å². The Labute approximate surface area is 94.3 Å². The first-order chi connectivity index (χ1) is 7.58. The highest BCUT2D eigenvalue weighted by atomic mass is 32.1. The van der Waals surface area contributed by atoms with E-state index in [-0.39, 0.29) is 17.3 Å². The van der Waals surface area contributed by atoms with Gasteiger partial charge < -0.3 is 15.4 Å². The fraction of sp³-hybridized carbons (Fsp3) is 0.444. The minimum atomic E-state index is -0.927. The first-order valence-electron chi connectivity index (χ1n) is 4.75. The molecule has 0 aliphatic heterocycles. The summed E-state index contributed by atoms with van der Waals surface area (Å²) in [4.78, 5) is 35.1. The maximum Gasteiger partial charge on any atom is 0.307 e. The number of carbonyl (C=O) groups excluding carboxylic acids is 1. The van der Waals surface area contributed by atoms with Crippen molar-refractivity contribution in [2.45, 2.75) is 13.0 Å². The Morgan fingerprint density at radius 1 is 1.56 bits per heavy atom. The van der Waals surface area contributed by atoms with Crippen molar-refractivity contribution >= 4 is 23.2 Å². The molecule has 7 heteroatoms. The molecule has 2 atom stereocenters. The van der Waals surface area contributed by atoms with Gasteiger partial charge >= 0.3 is 10.8 Å². The van der Waals surface area contributed by atoms with Crippen molar-refractivity contribution in [1.29, 1.82) is 0 Å². The summed E-state index contributed by atoms with van der Waals surface area (Å²) in [7, 11) is 0. The number of aliphatic carboxylic acids is 1. The first-order valence-corrected chi connectivity index (χ1v) is 5.63. The lowest BCUT2D eigenvalue weighted by Crippen LogP contribution is -2.26. The highest BCUT2D eigenvalue weighted by Gasteiger charge is 2.48. The van der Waals surface area contributed by atoms with Crippen LogP contribution in [0.5, 0.6) is 0 Å². The lowest BCUT2D eigenvalue weighted by atomic mass is 10.3. The van der Waals surface area contributed by atoms with Crippen molar-refractivity contribution in [2.75, 3.05) is 0 Å². The van der Waals surface area contributed by atoms with Crippen molar-refractivity contribution < 1.29 is 14.7 Å². The molecule has 6 nitrogen and oxygen atoms in total. The van der Waals surface area contributed by atoms with Gasteiger partial charge in [0.25, 0.3) is 0 Å². The number of H-pyrrole nitrogens is 1. The number of carboxylic acids is 1. The van der Waals surface area contributed by atoms with Crippen molar-refractivity contribution in [3.63, 3.8) is 0 Å². The van der Waals surface area contributed by atoms with E-state index in [0.29, 0.717) is 12.1 Å². The van der Waals surface area contributed by atoms with Gasteiger partial charge in [-0.15, -0.1) is 0 Å². The summed E-state index contributed by atoms with van der Waals surface area (Å²) in [5, 5.41) is 12.9. The Hall–Kier alpha value is -1.63. The predicted molar refractivity (Wildman–Crippen MR) is 56.0 cm³/mol. The second kappa shape index (κ2) is 4.09. The molecule has 0 bridgehead atoms. The number of hydrogen-bond acceptors (Lipinski definition) is 4. The molecule has 0 saturated heterocycles. The molecule has 1 heterocycles. The number of carbonyl (C=O) groups is 2. The quantitative estimate of drug-likeness (QED) is 0.679. The molecule has 0 aromatic carbocycles. The number of aromatic nitrogens is 1. The minimum absolute atomic E-state index is 0.168. The van der Waals surface area contributed by atoms with E-state index in [2.05, 4.69) is 10.3 Å². The van der Waals surface area contributed by atoms with Crippen LogP contribution in [0.2, 0.25) is 0 Å². The van der Waals surface area contributed by atoms with Gasteiger partial charge in [0, 0.05) is 11.1 Å². The number of nitrogens with one attached hydrogen (secondary N) is 2. The highest BCUT2D eigenvalue weighted by Crippen LogP contribution is 2.38. The second-order valence-electron chi connectivity index (χ2n) is 3.68. The third-order valence-corrected chi connectivity index (χ3v) is 3.19. The second-order valence-corrected chi connectivity index (χ2v) is 4.52. The Bertz CT molecular complexity index is 478. The van der Waals surface area contributed by atoms with Crippen LogP contribution in [0.25, 0.3) is 0 Å². The highest BCUT2D eigenvalue weighted by molar-refractivity contribution is 7.07. The van der Waals surface area contributed by atoms with Crippen LogP contribution in [-0.2, 0) is 16.1 Å². The van der Waals surface area contributed by atoms with Gasteiger partial charge in [-0.05, 0) is 6.42 Å². The Kier molecular flexibility index (Phi) is 2.78. The van der Waals surface area contributed by atoms with Crippen molar-refractivity contribution in [1.82, 2.24) is 10.3 Å². The molecule has 1 amide bonds. The van der Waals surface area contributed by atoms with Gasteiger partial charge in [-0.3, -0.25) is 14.4 Å². The maximum atomic E-state index is 11.4. The molecule has 1 fully saturated rings. The van der Waals surface area contributed by atoms with Gasteiger partial charge in [-0.2, -0.15) is 0 Å². The number of amides is 1. The summed E-state index contributed by atoms with van der Waals surface area (Å²) in [5.41, 5.74) is 0.635. The van der Waals surface area contributed by atoms with Crippen molar-refractivity contribution in [3.05, 3.63) is 20.7 Å². The molecular formula is C9H10N2O4S. The van der Waals surface area contributed by atoms with Crippen molar-refractivity contribution in [3.8, 4) is 0 Å². The topological polar surface area (TPSA) is 99.3 Å². The summed E-state index contributed by atoms with van der Waals surface area (Å²) in [6, 6.07) is 0. The summed E-state index contributed by atoms with van der Waals surface area (Å²) in [6.07, 6.45) is 0.404. The number of aromatic amines is 1. The van der Waals surface area contributed by atoms with E-state index in [0.717, 1.165) is 11.3 Å². The van der Waals surface area contributed by atoms with Crippen LogP contribution in [0.3, 0.4) is 0 Å². The van der Waals surface area contributed by atoms with Gasteiger partial charge in [0.15, 0.2) is 0 Å². The number of carboxylic acid groups (broad SMARTS) is 1. The third kappa shape index (κ3) is 2.30. The molecule has 3 N–H and O–H groups in total. The monoisotopic (exact) mass is 242 g/mol. The van der Waals surface area contributed by atoms with Crippen LogP contribution in [0, 0.1) is 11.8 Å². The number of hydrogen-bond donors (Lipinski definition) is 3. The average molecular weight is 242 g/mol. The van der Waals surface area contributed by atoms with E-state index in [9.17, 15) is 14.4 Å². The van der Waals surface area contributed by atoms with Gasteiger partial charge in [0.1, 0.15) is 0 Å². The Balaban J connectivity index is 1.81. The summed E-state index contributed by atoms with van der Waals surface area (Å²) >= 11 is 1.03. The first kappa shape index (κ1) is 10.9.